The first kappa shape index (κ1) is 9.84. The lowest BCUT2D eigenvalue weighted by Crippen LogP contribution is -1.99. The van der Waals surface area contributed by atoms with Crippen molar-refractivity contribution in [2.75, 3.05) is 6.54 Å². The van der Waals surface area contributed by atoms with Crippen LogP contribution in [0.2, 0.25) is 0 Å². The smallest absolute Gasteiger partial charge is 0.0593 e. The Morgan fingerprint density at radius 1 is 1.45 bits per heavy atom. The lowest BCUT2D eigenvalue weighted by molar-refractivity contribution is -0.0478. The van der Waals surface area contributed by atoms with E-state index in [9.17, 15) is 0 Å². The maximum absolute atomic E-state index is 8.86. The molecule has 0 bridgehead atoms. The summed E-state index contributed by atoms with van der Waals surface area (Å²) in [7, 11) is 0. The highest BCUT2D eigenvalue weighted by molar-refractivity contribution is 4.99. The van der Waals surface area contributed by atoms with Crippen LogP contribution in [0, 0.1) is 0 Å². The largest absolute Gasteiger partial charge is 0.266 e. The van der Waals surface area contributed by atoms with Crippen molar-refractivity contribution < 1.29 is 5.21 Å². The minimum absolute atomic E-state index is 0.564. The van der Waals surface area contributed by atoms with Gasteiger partial charge < -0.3 is 0 Å². The Morgan fingerprint density at radius 3 is 2.73 bits per heavy atom. The van der Waals surface area contributed by atoms with Gasteiger partial charge in [0.2, 0.25) is 0 Å². The normalized spacial score (nSPS) is 12.3. The Bertz CT molecular complexity index is 163. The molecule has 0 heterocycles. The molecule has 0 atom stereocenters. The first-order valence-corrected chi connectivity index (χ1v) is 3.46. The summed E-state index contributed by atoms with van der Waals surface area (Å²) in [5, 5.41) is 16.5. The fourth-order valence-corrected chi connectivity index (χ4v) is 0.396. The van der Waals surface area contributed by atoms with Crippen LogP contribution in [-0.2, 0) is 0 Å². The van der Waals surface area contributed by atoms with Crippen molar-refractivity contribution in [3.05, 3.63) is 24.4 Å². The van der Waals surface area contributed by atoms with Crippen LogP contribution in [0.15, 0.2) is 34.8 Å². The van der Waals surface area contributed by atoms with Gasteiger partial charge in [0.15, 0.2) is 0 Å². The van der Waals surface area contributed by atoms with Gasteiger partial charge in [0.1, 0.15) is 0 Å². The molecule has 0 rings (SSSR count). The average molecular weight is 155 g/mol. The summed E-state index contributed by atoms with van der Waals surface area (Å²) in [5.74, 6) is 0. The van der Waals surface area contributed by atoms with E-state index in [0.717, 1.165) is 0 Å². The summed E-state index contributed by atoms with van der Waals surface area (Å²) < 4.78 is 0. The molecule has 11 heavy (non-hydrogen) atoms. The van der Waals surface area contributed by atoms with Crippen LogP contribution in [0.5, 0.6) is 0 Å². The molecule has 0 fully saturated rings. The second-order valence-corrected chi connectivity index (χ2v) is 1.73. The Kier molecular flexibility index (Phi) is 6.22. The van der Waals surface area contributed by atoms with Crippen molar-refractivity contribution >= 4 is 0 Å². The topological polar surface area (TPSA) is 48.2 Å². The molecule has 4 heteroatoms. The fourth-order valence-electron chi connectivity index (χ4n) is 0.396. The van der Waals surface area contributed by atoms with E-state index in [2.05, 4.69) is 10.3 Å². The van der Waals surface area contributed by atoms with Crippen LogP contribution in [0.3, 0.4) is 0 Å². The van der Waals surface area contributed by atoms with Gasteiger partial charge in [0.25, 0.3) is 0 Å². The van der Waals surface area contributed by atoms with E-state index in [0.29, 0.717) is 11.7 Å². The quantitative estimate of drug-likeness (QED) is 0.384. The van der Waals surface area contributed by atoms with Gasteiger partial charge in [-0.3, -0.25) is 5.21 Å². The molecular formula is C7H13N3O. The molecule has 0 spiro atoms. The van der Waals surface area contributed by atoms with Gasteiger partial charge >= 0.3 is 0 Å². The molecule has 0 aromatic carbocycles. The number of hydrogen-bond acceptors (Lipinski definition) is 3. The molecule has 0 amide bonds. The third-order valence-electron chi connectivity index (χ3n) is 0.819. The number of hydrogen-bond donors (Lipinski definition) is 1. The molecule has 4 nitrogen and oxygen atoms in total. The summed E-state index contributed by atoms with van der Waals surface area (Å²) in [6.45, 7) is 4.29. The molecule has 0 aliphatic heterocycles. The molecule has 0 saturated carbocycles. The Labute approximate surface area is 66.5 Å². The second kappa shape index (κ2) is 6.95. The van der Waals surface area contributed by atoms with Gasteiger partial charge in [-0.2, -0.15) is 5.11 Å². The average Bonchev–Trinajstić information content (AvgIpc) is 2.01. The van der Waals surface area contributed by atoms with E-state index in [1.54, 1.807) is 12.2 Å². The van der Waals surface area contributed by atoms with Crippen LogP contribution in [0.25, 0.3) is 0 Å². The highest BCUT2D eigenvalue weighted by Gasteiger charge is 1.81. The molecule has 0 radical (unpaired) electrons. The molecule has 1 N–H and O–H groups in total. The van der Waals surface area contributed by atoms with E-state index in [-0.39, 0.29) is 0 Å². The predicted molar refractivity (Wildman–Crippen MR) is 43.0 cm³/mol. The van der Waals surface area contributed by atoms with Crippen molar-refractivity contribution in [1.29, 1.82) is 0 Å². The lowest BCUT2D eigenvalue weighted by atomic mass is 10.5. The summed E-state index contributed by atoms with van der Waals surface area (Å²) in [6.07, 6.45) is 6.69. The van der Waals surface area contributed by atoms with E-state index < -0.39 is 0 Å². The third-order valence-corrected chi connectivity index (χ3v) is 0.819. The zero-order chi connectivity index (χ0) is 8.53. The Balaban J connectivity index is 3.67. The minimum atomic E-state index is 0.564. The summed E-state index contributed by atoms with van der Waals surface area (Å²) in [6, 6.07) is 0. The molecule has 62 valence electrons. The fraction of sp³-hybridized carbons (Fsp3) is 0.429. The van der Waals surface area contributed by atoms with Crippen molar-refractivity contribution in [3.63, 3.8) is 0 Å². The SMILES string of the molecule is C/C=C\C=C\N(O)/N=N\CC. The monoisotopic (exact) mass is 155 g/mol. The standard InChI is InChI=1S/C7H13N3O/c1-3-5-6-7-10(11)9-8-4-2/h3,5-7,11H,4H2,1-2H3/b5-3-,7-6+,9-8-. The summed E-state index contributed by atoms with van der Waals surface area (Å²) >= 11 is 0. The maximum atomic E-state index is 8.86. The summed E-state index contributed by atoms with van der Waals surface area (Å²) in [4.78, 5) is 0. The number of hydroxylamine groups is 1. The van der Waals surface area contributed by atoms with Crippen LogP contribution in [-0.4, -0.2) is 16.9 Å². The first-order valence-electron chi connectivity index (χ1n) is 3.46. The molecule has 0 saturated heterocycles. The zero-order valence-corrected chi connectivity index (χ0v) is 6.81. The van der Waals surface area contributed by atoms with E-state index >= 15 is 0 Å². The van der Waals surface area contributed by atoms with Crippen LogP contribution in [0.4, 0.5) is 0 Å². The zero-order valence-electron chi connectivity index (χ0n) is 6.81. The van der Waals surface area contributed by atoms with E-state index in [4.69, 9.17) is 5.21 Å². The molecule has 0 unspecified atom stereocenters. The van der Waals surface area contributed by atoms with Gasteiger partial charge in [-0.1, -0.05) is 12.2 Å². The van der Waals surface area contributed by atoms with Crippen molar-refractivity contribution in [1.82, 2.24) is 5.17 Å². The van der Waals surface area contributed by atoms with Gasteiger partial charge in [-0.25, -0.2) is 0 Å². The Hall–Kier alpha value is -1.16. The summed E-state index contributed by atoms with van der Waals surface area (Å²) in [5.41, 5.74) is 0. The van der Waals surface area contributed by atoms with Gasteiger partial charge in [0.05, 0.1) is 12.7 Å². The highest BCUT2D eigenvalue weighted by Crippen LogP contribution is 1.87. The van der Waals surface area contributed by atoms with Crippen LogP contribution >= 0.6 is 0 Å². The minimum Gasteiger partial charge on any atom is -0.266 e. The van der Waals surface area contributed by atoms with Crippen molar-refractivity contribution in [3.8, 4) is 0 Å². The highest BCUT2D eigenvalue weighted by atomic mass is 16.5. The second-order valence-electron chi connectivity index (χ2n) is 1.73. The van der Waals surface area contributed by atoms with Gasteiger partial charge in [-0.05, 0) is 25.1 Å². The number of allylic oxidation sites excluding steroid dienone is 3. The first-order chi connectivity index (χ1) is 5.31. The lowest BCUT2D eigenvalue weighted by Gasteiger charge is -1.98. The Morgan fingerprint density at radius 2 is 2.18 bits per heavy atom. The van der Waals surface area contributed by atoms with E-state index in [1.807, 2.05) is 19.9 Å². The molecule has 0 aromatic heterocycles. The predicted octanol–water partition coefficient (Wildman–Crippen LogP) is 2.15. The molecule has 0 aromatic rings. The van der Waals surface area contributed by atoms with Crippen molar-refractivity contribution in [2.24, 2.45) is 10.3 Å². The third kappa shape index (κ3) is 6.73. The van der Waals surface area contributed by atoms with Gasteiger partial charge in [0, 0.05) is 0 Å². The number of nitrogens with zero attached hydrogens (tertiary/aromatic N) is 3. The van der Waals surface area contributed by atoms with Crippen molar-refractivity contribution in [2.45, 2.75) is 13.8 Å². The molecule has 0 aliphatic carbocycles. The molecular weight excluding hydrogens is 142 g/mol. The maximum Gasteiger partial charge on any atom is 0.0593 e. The van der Waals surface area contributed by atoms with Gasteiger partial charge in [-0.15, -0.1) is 5.17 Å². The number of rotatable bonds is 4. The van der Waals surface area contributed by atoms with E-state index in [1.165, 1.54) is 6.20 Å². The van der Waals surface area contributed by atoms with Crippen LogP contribution in [0.1, 0.15) is 13.8 Å². The molecule has 0 aliphatic rings. The van der Waals surface area contributed by atoms with Crippen LogP contribution < -0.4 is 0 Å².